The van der Waals surface area contributed by atoms with Crippen LogP contribution in [-0.2, 0) is 0 Å². The van der Waals surface area contributed by atoms with E-state index in [0.29, 0.717) is 0 Å². The number of rotatable bonds is 3. The molecule has 0 saturated carbocycles. The zero-order valence-corrected chi connectivity index (χ0v) is 9.39. The van der Waals surface area contributed by atoms with Crippen LogP contribution < -0.4 is 5.73 Å². The van der Waals surface area contributed by atoms with Crippen LogP contribution in [0.25, 0.3) is 0 Å². The Bertz CT molecular complexity index is 315. The molecule has 0 radical (unpaired) electrons. The van der Waals surface area contributed by atoms with Gasteiger partial charge in [-0.15, -0.1) is 0 Å². The third-order valence-electron chi connectivity index (χ3n) is 1.99. The van der Waals surface area contributed by atoms with Crippen LogP contribution in [0.3, 0.4) is 0 Å². The monoisotopic (exact) mass is 263 g/mol. The standard InChI is InChI=1S/C10H12BrF2N/c1-6-2-3-7(8(11)4-6)9(14)5-10(12)13/h2-4,9-10H,5,14H2,1H3/t9-/m1/s1. The van der Waals surface area contributed by atoms with Crippen molar-refractivity contribution in [2.24, 2.45) is 5.73 Å². The Balaban J connectivity index is 2.84. The SMILES string of the molecule is Cc1ccc([C@H](N)CC(F)F)c(Br)c1. The maximum Gasteiger partial charge on any atom is 0.240 e. The van der Waals surface area contributed by atoms with Gasteiger partial charge in [0.25, 0.3) is 0 Å². The molecule has 14 heavy (non-hydrogen) atoms. The Morgan fingerprint density at radius 2 is 2.07 bits per heavy atom. The van der Waals surface area contributed by atoms with Crippen LogP contribution in [0.1, 0.15) is 23.6 Å². The molecule has 0 bridgehead atoms. The van der Waals surface area contributed by atoms with Crippen molar-refractivity contribution in [3.8, 4) is 0 Å². The second-order valence-corrected chi connectivity index (χ2v) is 4.11. The summed E-state index contributed by atoms with van der Waals surface area (Å²) in [5.41, 5.74) is 7.44. The van der Waals surface area contributed by atoms with Gasteiger partial charge in [-0.2, -0.15) is 0 Å². The predicted molar refractivity (Wildman–Crippen MR) is 56.4 cm³/mol. The Kier molecular flexibility index (Phi) is 4.01. The Morgan fingerprint density at radius 1 is 1.43 bits per heavy atom. The average Bonchev–Trinajstić information content (AvgIpc) is 2.01. The molecule has 0 fully saturated rings. The zero-order valence-electron chi connectivity index (χ0n) is 7.81. The zero-order chi connectivity index (χ0) is 10.7. The molecule has 2 N–H and O–H groups in total. The van der Waals surface area contributed by atoms with Crippen LogP contribution in [0.5, 0.6) is 0 Å². The van der Waals surface area contributed by atoms with Crippen molar-refractivity contribution in [2.45, 2.75) is 25.8 Å². The summed E-state index contributed by atoms with van der Waals surface area (Å²) in [5.74, 6) is 0. The molecule has 0 unspecified atom stereocenters. The summed E-state index contributed by atoms with van der Waals surface area (Å²) < 4.78 is 25.0. The minimum Gasteiger partial charge on any atom is -0.324 e. The lowest BCUT2D eigenvalue weighted by molar-refractivity contribution is 0.128. The molecule has 1 nitrogen and oxygen atoms in total. The minimum absolute atomic E-state index is 0.304. The van der Waals surface area contributed by atoms with E-state index in [1.807, 2.05) is 19.1 Å². The van der Waals surface area contributed by atoms with Crippen LogP contribution in [0.4, 0.5) is 8.78 Å². The van der Waals surface area contributed by atoms with Gasteiger partial charge in [-0.25, -0.2) is 8.78 Å². The molecular formula is C10H12BrF2N. The molecule has 78 valence electrons. The van der Waals surface area contributed by atoms with Gasteiger partial charge in [0.2, 0.25) is 6.43 Å². The molecule has 1 rings (SSSR count). The maximum absolute atomic E-state index is 12.1. The average molecular weight is 264 g/mol. The second kappa shape index (κ2) is 4.84. The Labute approximate surface area is 90.4 Å². The molecule has 0 heterocycles. The van der Waals surface area contributed by atoms with Crippen LogP contribution in [0.15, 0.2) is 22.7 Å². The summed E-state index contributed by atoms with van der Waals surface area (Å²) >= 11 is 3.31. The number of alkyl halides is 2. The lowest BCUT2D eigenvalue weighted by atomic mass is 10.0. The van der Waals surface area contributed by atoms with E-state index in [1.165, 1.54) is 0 Å². The fraction of sp³-hybridized carbons (Fsp3) is 0.400. The first-order chi connectivity index (χ1) is 6.50. The maximum atomic E-state index is 12.1. The summed E-state index contributed by atoms with van der Waals surface area (Å²) in [6.07, 6.45) is -2.67. The molecule has 0 aromatic heterocycles. The number of nitrogens with two attached hydrogens (primary N) is 1. The topological polar surface area (TPSA) is 26.0 Å². The van der Waals surface area contributed by atoms with Crippen molar-refractivity contribution < 1.29 is 8.78 Å². The van der Waals surface area contributed by atoms with Gasteiger partial charge in [-0.05, 0) is 24.1 Å². The molecule has 0 spiro atoms. The molecule has 0 aliphatic rings. The third-order valence-corrected chi connectivity index (χ3v) is 2.67. The lowest BCUT2D eigenvalue weighted by Gasteiger charge is -2.13. The minimum atomic E-state index is -2.36. The molecule has 0 aliphatic heterocycles. The number of aryl methyl sites for hydroxylation is 1. The summed E-state index contributed by atoms with van der Waals surface area (Å²) in [4.78, 5) is 0. The first-order valence-electron chi connectivity index (χ1n) is 4.30. The lowest BCUT2D eigenvalue weighted by Crippen LogP contribution is -2.14. The number of hydrogen-bond acceptors (Lipinski definition) is 1. The van der Waals surface area contributed by atoms with Gasteiger partial charge in [0.15, 0.2) is 0 Å². The number of halogens is 3. The normalized spacial score (nSPS) is 13.3. The van der Waals surface area contributed by atoms with Crippen molar-refractivity contribution >= 4 is 15.9 Å². The van der Waals surface area contributed by atoms with Crippen LogP contribution in [0.2, 0.25) is 0 Å². The summed E-state index contributed by atoms with van der Waals surface area (Å²) in [7, 11) is 0. The predicted octanol–water partition coefficient (Wildman–Crippen LogP) is 3.41. The molecular weight excluding hydrogens is 252 g/mol. The molecule has 4 heteroatoms. The van der Waals surface area contributed by atoms with E-state index >= 15 is 0 Å². The van der Waals surface area contributed by atoms with E-state index in [1.54, 1.807) is 6.07 Å². The molecule has 0 amide bonds. The summed E-state index contributed by atoms with van der Waals surface area (Å²) in [6, 6.07) is 4.92. The van der Waals surface area contributed by atoms with Gasteiger partial charge in [0, 0.05) is 16.9 Å². The van der Waals surface area contributed by atoms with E-state index in [2.05, 4.69) is 15.9 Å². The molecule has 0 saturated heterocycles. The quantitative estimate of drug-likeness (QED) is 0.889. The fourth-order valence-electron chi connectivity index (χ4n) is 1.25. The van der Waals surface area contributed by atoms with Crippen molar-refractivity contribution in [3.63, 3.8) is 0 Å². The third kappa shape index (κ3) is 3.03. The highest BCUT2D eigenvalue weighted by Crippen LogP contribution is 2.26. The molecule has 1 atom stereocenters. The van der Waals surface area contributed by atoms with Crippen molar-refractivity contribution in [1.82, 2.24) is 0 Å². The molecule has 0 aliphatic carbocycles. The smallest absolute Gasteiger partial charge is 0.240 e. The summed E-state index contributed by atoms with van der Waals surface area (Å²) in [6.45, 7) is 1.94. The largest absolute Gasteiger partial charge is 0.324 e. The van der Waals surface area contributed by atoms with E-state index in [9.17, 15) is 8.78 Å². The van der Waals surface area contributed by atoms with Gasteiger partial charge >= 0.3 is 0 Å². The fourth-order valence-corrected chi connectivity index (χ4v) is 2.04. The Hall–Kier alpha value is -0.480. The Morgan fingerprint density at radius 3 is 2.57 bits per heavy atom. The number of hydrogen-bond donors (Lipinski definition) is 1. The number of benzene rings is 1. The van der Waals surface area contributed by atoms with E-state index in [-0.39, 0.29) is 6.42 Å². The van der Waals surface area contributed by atoms with Crippen LogP contribution in [0, 0.1) is 6.92 Å². The van der Waals surface area contributed by atoms with Gasteiger partial charge in [0.1, 0.15) is 0 Å². The van der Waals surface area contributed by atoms with Crippen LogP contribution in [-0.4, -0.2) is 6.43 Å². The summed E-state index contributed by atoms with van der Waals surface area (Å²) in [5, 5.41) is 0. The van der Waals surface area contributed by atoms with Crippen molar-refractivity contribution in [3.05, 3.63) is 33.8 Å². The van der Waals surface area contributed by atoms with E-state index in [4.69, 9.17) is 5.73 Å². The van der Waals surface area contributed by atoms with E-state index < -0.39 is 12.5 Å². The van der Waals surface area contributed by atoms with Gasteiger partial charge in [-0.3, -0.25) is 0 Å². The van der Waals surface area contributed by atoms with Gasteiger partial charge in [-0.1, -0.05) is 28.1 Å². The van der Waals surface area contributed by atoms with Gasteiger partial charge in [0.05, 0.1) is 0 Å². The van der Waals surface area contributed by atoms with Crippen molar-refractivity contribution in [1.29, 1.82) is 0 Å². The first kappa shape index (κ1) is 11.6. The van der Waals surface area contributed by atoms with Gasteiger partial charge < -0.3 is 5.73 Å². The first-order valence-corrected chi connectivity index (χ1v) is 5.09. The van der Waals surface area contributed by atoms with Crippen LogP contribution >= 0.6 is 15.9 Å². The molecule has 1 aromatic carbocycles. The van der Waals surface area contributed by atoms with E-state index in [0.717, 1.165) is 15.6 Å². The second-order valence-electron chi connectivity index (χ2n) is 3.26. The molecule has 1 aromatic rings. The highest BCUT2D eigenvalue weighted by molar-refractivity contribution is 9.10. The highest BCUT2D eigenvalue weighted by atomic mass is 79.9. The highest BCUT2D eigenvalue weighted by Gasteiger charge is 2.14. The van der Waals surface area contributed by atoms with Crippen molar-refractivity contribution in [2.75, 3.05) is 0 Å².